The molecule has 0 saturated heterocycles. The molecule has 21 heavy (non-hydrogen) atoms. The summed E-state index contributed by atoms with van der Waals surface area (Å²) in [5, 5.41) is 0.989. The summed E-state index contributed by atoms with van der Waals surface area (Å²) >= 11 is 2.78. The van der Waals surface area contributed by atoms with Crippen LogP contribution < -0.4 is 5.69 Å². The van der Waals surface area contributed by atoms with E-state index in [1.54, 1.807) is 0 Å². The standard InChI is InChI=1S/C15H11N3OS2/c19-13-16-14(20-11-7-3-1-4-8-11)18-15(17-13)21-12-9-5-2-6-10-12/h1-10H,(H,16,17,18,19). The number of hydrogen-bond donors (Lipinski definition) is 1. The molecule has 0 aliphatic heterocycles. The predicted molar refractivity (Wildman–Crippen MR) is 83.8 cm³/mol. The minimum atomic E-state index is -0.387. The monoisotopic (exact) mass is 313 g/mol. The van der Waals surface area contributed by atoms with Crippen LogP contribution in [0.3, 0.4) is 0 Å². The topological polar surface area (TPSA) is 58.6 Å². The van der Waals surface area contributed by atoms with E-state index in [2.05, 4.69) is 15.0 Å². The Balaban J connectivity index is 1.85. The maximum absolute atomic E-state index is 11.7. The Morgan fingerprint density at radius 3 is 1.95 bits per heavy atom. The molecule has 6 heteroatoms. The fourth-order valence-electron chi connectivity index (χ4n) is 1.63. The number of rotatable bonds is 4. The lowest BCUT2D eigenvalue weighted by Crippen LogP contribution is -2.13. The second-order valence-electron chi connectivity index (χ2n) is 4.07. The first-order valence-electron chi connectivity index (χ1n) is 6.24. The second-order valence-corrected chi connectivity index (χ2v) is 6.17. The Morgan fingerprint density at radius 1 is 0.762 bits per heavy atom. The molecule has 0 bridgehead atoms. The van der Waals surface area contributed by atoms with Crippen LogP contribution in [-0.4, -0.2) is 15.0 Å². The van der Waals surface area contributed by atoms with Crippen LogP contribution in [0.4, 0.5) is 0 Å². The highest BCUT2D eigenvalue weighted by Crippen LogP contribution is 2.27. The molecule has 3 rings (SSSR count). The molecular formula is C15H11N3OS2. The van der Waals surface area contributed by atoms with E-state index >= 15 is 0 Å². The Hall–Kier alpha value is -2.05. The first kappa shape index (κ1) is 13.9. The van der Waals surface area contributed by atoms with Gasteiger partial charge >= 0.3 is 5.69 Å². The molecule has 2 aromatic carbocycles. The molecule has 0 radical (unpaired) electrons. The average molecular weight is 313 g/mol. The molecular weight excluding hydrogens is 302 g/mol. The van der Waals surface area contributed by atoms with Crippen molar-refractivity contribution in [2.45, 2.75) is 20.1 Å². The van der Waals surface area contributed by atoms with Gasteiger partial charge in [0.2, 0.25) is 0 Å². The lowest BCUT2D eigenvalue weighted by atomic mass is 10.4. The maximum atomic E-state index is 11.7. The maximum Gasteiger partial charge on any atom is 0.349 e. The Kier molecular flexibility index (Phi) is 4.37. The van der Waals surface area contributed by atoms with Crippen LogP contribution in [0.1, 0.15) is 0 Å². The molecule has 0 saturated carbocycles. The van der Waals surface area contributed by atoms with E-state index in [9.17, 15) is 4.79 Å². The molecule has 0 spiro atoms. The van der Waals surface area contributed by atoms with Gasteiger partial charge in [-0.15, -0.1) is 0 Å². The summed E-state index contributed by atoms with van der Waals surface area (Å²) in [4.78, 5) is 24.6. The van der Waals surface area contributed by atoms with E-state index in [0.717, 1.165) is 9.79 Å². The molecule has 4 nitrogen and oxygen atoms in total. The van der Waals surface area contributed by atoms with Gasteiger partial charge in [0.25, 0.3) is 0 Å². The van der Waals surface area contributed by atoms with Gasteiger partial charge in [-0.25, -0.2) is 4.79 Å². The number of nitrogens with zero attached hydrogens (tertiary/aromatic N) is 2. The summed E-state index contributed by atoms with van der Waals surface area (Å²) in [6.07, 6.45) is 0. The first-order valence-corrected chi connectivity index (χ1v) is 7.87. The van der Waals surface area contributed by atoms with Crippen molar-refractivity contribution < 1.29 is 0 Å². The molecule has 0 amide bonds. The van der Waals surface area contributed by atoms with Crippen LogP contribution in [0.2, 0.25) is 0 Å². The highest BCUT2D eigenvalue weighted by Gasteiger charge is 2.06. The van der Waals surface area contributed by atoms with Crippen molar-refractivity contribution >= 4 is 23.5 Å². The summed E-state index contributed by atoms with van der Waals surface area (Å²) < 4.78 is 0. The normalized spacial score (nSPS) is 10.5. The Labute approximate surface area is 130 Å². The molecule has 1 aromatic heterocycles. The average Bonchev–Trinajstić information content (AvgIpc) is 2.48. The van der Waals surface area contributed by atoms with Crippen molar-refractivity contribution in [3.63, 3.8) is 0 Å². The molecule has 0 aliphatic carbocycles. The van der Waals surface area contributed by atoms with Crippen LogP contribution in [0, 0.1) is 0 Å². The van der Waals surface area contributed by atoms with E-state index < -0.39 is 0 Å². The largest absolute Gasteiger partial charge is 0.349 e. The number of H-pyrrole nitrogens is 1. The van der Waals surface area contributed by atoms with E-state index in [0.29, 0.717) is 10.3 Å². The third-order valence-corrected chi connectivity index (χ3v) is 4.29. The third kappa shape index (κ3) is 3.96. The van der Waals surface area contributed by atoms with Gasteiger partial charge in [0.1, 0.15) is 0 Å². The fraction of sp³-hybridized carbons (Fsp3) is 0. The zero-order valence-corrected chi connectivity index (χ0v) is 12.5. The van der Waals surface area contributed by atoms with Gasteiger partial charge in [0.15, 0.2) is 10.3 Å². The fourth-order valence-corrected chi connectivity index (χ4v) is 3.25. The van der Waals surface area contributed by atoms with Crippen molar-refractivity contribution in [2.24, 2.45) is 0 Å². The zero-order valence-electron chi connectivity index (χ0n) is 10.9. The number of aromatic nitrogens is 3. The Bertz CT molecular complexity index is 713. The molecule has 0 atom stereocenters. The van der Waals surface area contributed by atoms with Crippen molar-refractivity contribution in [1.29, 1.82) is 0 Å². The van der Waals surface area contributed by atoms with Gasteiger partial charge in [-0.05, 0) is 36.0 Å². The quantitative estimate of drug-likeness (QED) is 0.799. The van der Waals surface area contributed by atoms with Crippen molar-refractivity contribution in [1.82, 2.24) is 15.0 Å². The highest BCUT2D eigenvalue weighted by atomic mass is 32.2. The van der Waals surface area contributed by atoms with Crippen LogP contribution in [-0.2, 0) is 0 Å². The van der Waals surface area contributed by atoms with E-state index in [1.807, 2.05) is 60.7 Å². The van der Waals surface area contributed by atoms with Crippen LogP contribution in [0.5, 0.6) is 0 Å². The van der Waals surface area contributed by atoms with Crippen molar-refractivity contribution in [2.75, 3.05) is 0 Å². The minimum Gasteiger partial charge on any atom is -0.284 e. The van der Waals surface area contributed by atoms with E-state index in [1.165, 1.54) is 23.5 Å². The molecule has 1 heterocycles. The van der Waals surface area contributed by atoms with Crippen molar-refractivity contribution in [3.05, 3.63) is 71.1 Å². The Morgan fingerprint density at radius 2 is 1.33 bits per heavy atom. The van der Waals surface area contributed by atoms with Gasteiger partial charge in [-0.3, -0.25) is 4.98 Å². The molecule has 0 unspecified atom stereocenters. The summed E-state index contributed by atoms with van der Waals surface area (Å²) in [6, 6.07) is 19.5. The lowest BCUT2D eigenvalue weighted by molar-refractivity contribution is 0.767. The SMILES string of the molecule is O=c1nc(Sc2ccccc2)nc(Sc2ccccc2)[nH]1. The van der Waals surface area contributed by atoms with Crippen LogP contribution in [0.25, 0.3) is 0 Å². The van der Waals surface area contributed by atoms with E-state index in [4.69, 9.17) is 0 Å². The number of benzene rings is 2. The molecule has 1 N–H and O–H groups in total. The van der Waals surface area contributed by atoms with Gasteiger partial charge in [-0.1, -0.05) is 48.2 Å². The number of hydrogen-bond acceptors (Lipinski definition) is 5. The molecule has 0 fully saturated rings. The zero-order chi connectivity index (χ0) is 14.5. The van der Waals surface area contributed by atoms with Crippen LogP contribution >= 0.6 is 23.5 Å². The smallest absolute Gasteiger partial charge is 0.284 e. The highest BCUT2D eigenvalue weighted by molar-refractivity contribution is 7.99. The predicted octanol–water partition coefficient (Wildman–Crippen LogP) is 3.47. The minimum absolute atomic E-state index is 0.387. The first-order chi connectivity index (χ1) is 10.3. The van der Waals surface area contributed by atoms with Gasteiger partial charge in [0, 0.05) is 9.79 Å². The number of nitrogens with one attached hydrogen (secondary N) is 1. The third-order valence-electron chi connectivity index (χ3n) is 2.52. The molecule has 0 aliphatic rings. The van der Waals surface area contributed by atoms with E-state index in [-0.39, 0.29) is 5.69 Å². The summed E-state index contributed by atoms with van der Waals surface area (Å²) in [5.41, 5.74) is -0.387. The second kappa shape index (κ2) is 6.60. The van der Waals surface area contributed by atoms with Gasteiger partial charge in [0.05, 0.1) is 0 Å². The van der Waals surface area contributed by atoms with Gasteiger partial charge < -0.3 is 0 Å². The number of aromatic amines is 1. The van der Waals surface area contributed by atoms with Crippen LogP contribution in [0.15, 0.2) is 85.6 Å². The molecule has 3 aromatic rings. The lowest BCUT2D eigenvalue weighted by Gasteiger charge is -2.03. The summed E-state index contributed by atoms with van der Waals surface area (Å²) in [6.45, 7) is 0. The summed E-state index contributed by atoms with van der Waals surface area (Å²) in [7, 11) is 0. The molecule has 104 valence electrons. The summed E-state index contributed by atoms with van der Waals surface area (Å²) in [5.74, 6) is 0. The van der Waals surface area contributed by atoms with Crippen molar-refractivity contribution in [3.8, 4) is 0 Å². The van der Waals surface area contributed by atoms with Gasteiger partial charge in [-0.2, -0.15) is 9.97 Å².